The van der Waals surface area contributed by atoms with E-state index in [1.165, 1.54) is 17.2 Å². The molecule has 29 heavy (non-hydrogen) atoms. The van der Waals surface area contributed by atoms with E-state index in [0.717, 1.165) is 12.8 Å². The zero-order chi connectivity index (χ0) is 20.4. The quantitative estimate of drug-likeness (QED) is 0.789. The van der Waals surface area contributed by atoms with E-state index in [2.05, 4.69) is 4.98 Å². The minimum Gasteiger partial charge on any atom is -0.490 e. The second-order valence-electron chi connectivity index (χ2n) is 7.56. The molecule has 2 saturated heterocycles. The lowest BCUT2D eigenvalue weighted by Crippen LogP contribution is -2.46. The van der Waals surface area contributed by atoms with Crippen LogP contribution in [0.25, 0.3) is 10.9 Å². The van der Waals surface area contributed by atoms with Crippen molar-refractivity contribution >= 4 is 16.8 Å². The molecule has 152 valence electrons. The average molecular weight is 400 g/mol. The van der Waals surface area contributed by atoms with E-state index in [0.29, 0.717) is 24.2 Å². The summed E-state index contributed by atoms with van der Waals surface area (Å²) in [5, 5.41) is 9.75. The number of benzene rings is 1. The van der Waals surface area contributed by atoms with Crippen LogP contribution in [0.4, 0.5) is 8.78 Å². The van der Waals surface area contributed by atoms with Crippen molar-refractivity contribution in [3.63, 3.8) is 0 Å². The second kappa shape index (κ2) is 8.29. The maximum absolute atomic E-state index is 13.9. The van der Waals surface area contributed by atoms with Gasteiger partial charge in [-0.1, -0.05) is 6.07 Å². The number of fused-ring (bicyclic) bond motifs is 1. The molecule has 1 aromatic heterocycles. The van der Waals surface area contributed by atoms with Crippen molar-refractivity contribution in [3.8, 4) is 11.8 Å². The largest absolute Gasteiger partial charge is 0.490 e. The van der Waals surface area contributed by atoms with E-state index in [4.69, 9.17) is 10.00 Å². The predicted octanol–water partition coefficient (Wildman–Crippen LogP) is 2.68. The van der Waals surface area contributed by atoms with Crippen LogP contribution < -0.4 is 4.74 Å². The lowest BCUT2D eigenvalue weighted by Gasteiger charge is -2.33. The summed E-state index contributed by atoms with van der Waals surface area (Å²) in [6.07, 6.45) is 1.92. The van der Waals surface area contributed by atoms with Crippen LogP contribution in [0.5, 0.6) is 5.75 Å². The summed E-state index contributed by atoms with van der Waals surface area (Å²) < 4.78 is 33.6. The third-order valence-corrected chi connectivity index (χ3v) is 5.59. The highest BCUT2D eigenvalue weighted by Crippen LogP contribution is 2.28. The highest BCUT2D eigenvalue weighted by atomic mass is 19.1. The van der Waals surface area contributed by atoms with Gasteiger partial charge < -0.3 is 9.64 Å². The first-order valence-electron chi connectivity index (χ1n) is 9.80. The molecular formula is C21H22F2N4O2. The number of alkyl halides is 1. The number of nitriles is 1. The third-order valence-electron chi connectivity index (χ3n) is 5.59. The number of halogens is 2. The Morgan fingerprint density at radius 3 is 2.86 bits per heavy atom. The summed E-state index contributed by atoms with van der Waals surface area (Å²) in [5.74, 6) is 0.0213. The van der Waals surface area contributed by atoms with Gasteiger partial charge in [0.1, 0.15) is 35.4 Å². The number of ether oxygens (including phenoxy) is 1. The molecule has 1 aromatic carbocycles. The lowest BCUT2D eigenvalue weighted by atomic mass is 10.1. The number of para-hydroxylation sites is 1. The Morgan fingerprint density at radius 1 is 1.31 bits per heavy atom. The number of piperidine rings is 1. The molecule has 0 saturated carbocycles. The molecule has 0 spiro atoms. The topological polar surface area (TPSA) is 69.5 Å². The molecule has 2 fully saturated rings. The fourth-order valence-electron chi connectivity index (χ4n) is 4.05. The number of nitrogens with zero attached hydrogens (tertiary/aromatic N) is 4. The molecule has 0 bridgehead atoms. The number of likely N-dealkylation sites (tertiary alicyclic amines) is 2. The molecule has 0 N–H and O–H groups in total. The monoisotopic (exact) mass is 400 g/mol. The summed E-state index contributed by atoms with van der Waals surface area (Å²) in [6.45, 7) is 1.51. The van der Waals surface area contributed by atoms with Gasteiger partial charge in [-0.2, -0.15) is 5.26 Å². The number of carbonyl (C=O) groups excluding carboxylic acids is 1. The SMILES string of the molecule is N#C[C@@H]1C[C@H](F)CN1C(=O)CN1CCC(Oc2ccnc3c(F)cccc23)CC1. The van der Waals surface area contributed by atoms with Gasteiger partial charge in [0.05, 0.1) is 19.2 Å². The zero-order valence-corrected chi connectivity index (χ0v) is 15.9. The van der Waals surface area contributed by atoms with E-state index in [1.54, 1.807) is 18.2 Å². The molecule has 0 radical (unpaired) electrons. The van der Waals surface area contributed by atoms with Gasteiger partial charge in [0.2, 0.25) is 5.91 Å². The fraction of sp³-hybridized carbons (Fsp3) is 0.476. The summed E-state index contributed by atoms with van der Waals surface area (Å²) in [5.41, 5.74) is 0.289. The second-order valence-corrected chi connectivity index (χ2v) is 7.56. The van der Waals surface area contributed by atoms with Crippen LogP contribution >= 0.6 is 0 Å². The summed E-state index contributed by atoms with van der Waals surface area (Å²) in [4.78, 5) is 19.9. The normalized spacial score (nSPS) is 23.3. The Balaban J connectivity index is 1.33. The van der Waals surface area contributed by atoms with Gasteiger partial charge in [-0.25, -0.2) is 8.78 Å². The molecule has 4 rings (SSSR count). The lowest BCUT2D eigenvalue weighted by molar-refractivity contribution is -0.133. The van der Waals surface area contributed by atoms with Gasteiger partial charge in [0, 0.05) is 31.1 Å². The van der Waals surface area contributed by atoms with Crippen LogP contribution in [0.1, 0.15) is 19.3 Å². The number of aromatic nitrogens is 1. The Morgan fingerprint density at radius 2 is 2.10 bits per heavy atom. The fourth-order valence-corrected chi connectivity index (χ4v) is 4.05. The van der Waals surface area contributed by atoms with Crippen LogP contribution in [0.15, 0.2) is 30.5 Å². The average Bonchev–Trinajstić information content (AvgIpc) is 3.11. The van der Waals surface area contributed by atoms with E-state index >= 15 is 0 Å². The molecule has 0 unspecified atom stereocenters. The van der Waals surface area contributed by atoms with E-state index in [-0.39, 0.29) is 42.9 Å². The molecule has 3 heterocycles. The van der Waals surface area contributed by atoms with Crippen molar-refractivity contribution in [2.75, 3.05) is 26.2 Å². The van der Waals surface area contributed by atoms with Crippen molar-refractivity contribution in [3.05, 3.63) is 36.3 Å². The molecular weight excluding hydrogens is 378 g/mol. The van der Waals surface area contributed by atoms with Gasteiger partial charge in [-0.05, 0) is 31.0 Å². The molecule has 2 atom stereocenters. The highest BCUT2D eigenvalue weighted by Gasteiger charge is 2.36. The number of hydrogen-bond donors (Lipinski definition) is 0. The van der Waals surface area contributed by atoms with E-state index in [9.17, 15) is 13.6 Å². The van der Waals surface area contributed by atoms with Crippen LogP contribution in [-0.2, 0) is 4.79 Å². The molecule has 8 heteroatoms. The van der Waals surface area contributed by atoms with Gasteiger partial charge in [-0.15, -0.1) is 0 Å². The van der Waals surface area contributed by atoms with Crippen molar-refractivity contribution in [1.29, 1.82) is 5.26 Å². The van der Waals surface area contributed by atoms with Crippen LogP contribution in [-0.4, -0.2) is 65.2 Å². The van der Waals surface area contributed by atoms with Gasteiger partial charge in [-0.3, -0.25) is 14.7 Å². The number of amides is 1. The standard InChI is InChI=1S/C21H22F2N4O2/c22-14-10-15(11-24)27(12-14)20(28)13-26-8-5-16(6-9-26)29-19-4-7-25-21-17(19)2-1-3-18(21)23/h1-4,7,14-16H,5-6,8-10,12-13H2/t14-,15-/m0/s1. The van der Waals surface area contributed by atoms with E-state index in [1.807, 2.05) is 11.0 Å². The molecule has 2 aromatic rings. The minimum atomic E-state index is -1.12. The highest BCUT2D eigenvalue weighted by molar-refractivity contribution is 5.85. The molecule has 1 amide bonds. The summed E-state index contributed by atoms with van der Waals surface area (Å²) in [7, 11) is 0. The molecule has 0 aliphatic carbocycles. The van der Waals surface area contributed by atoms with Crippen LogP contribution in [0.3, 0.4) is 0 Å². The first-order valence-corrected chi connectivity index (χ1v) is 9.80. The van der Waals surface area contributed by atoms with E-state index < -0.39 is 12.2 Å². The summed E-state index contributed by atoms with van der Waals surface area (Å²) >= 11 is 0. The molecule has 2 aliphatic heterocycles. The van der Waals surface area contributed by atoms with Crippen molar-refractivity contribution in [1.82, 2.24) is 14.8 Å². The van der Waals surface area contributed by atoms with Crippen molar-refractivity contribution in [2.45, 2.75) is 37.6 Å². The summed E-state index contributed by atoms with van der Waals surface area (Å²) in [6, 6.07) is 7.87. The molecule has 2 aliphatic rings. The molecule has 6 nitrogen and oxygen atoms in total. The maximum Gasteiger partial charge on any atom is 0.237 e. The van der Waals surface area contributed by atoms with Crippen molar-refractivity contribution < 1.29 is 18.3 Å². The predicted molar refractivity (Wildman–Crippen MR) is 102 cm³/mol. The first-order chi connectivity index (χ1) is 14.0. The number of rotatable bonds is 4. The first kappa shape index (κ1) is 19.5. The number of hydrogen-bond acceptors (Lipinski definition) is 5. The van der Waals surface area contributed by atoms with Crippen LogP contribution in [0, 0.1) is 17.1 Å². The zero-order valence-electron chi connectivity index (χ0n) is 15.9. The Labute approximate surface area is 167 Å². The Kier molecular flexibility index (Phi) is 5.58. The van der Waals surface area contributed by atoms with Crippen LogP contribution in [0.2, 0.25) is 0 Å². The number of carbonyl (C=O) groups is 1. The maximum atomic E-state index is 13.9. The van der Waals surface area contributed by atoms with Crippen molar-refractivity contribution in [2.24, 2.45) is 0 Å². The number of pyridine rings is 1. The van der Waals surface area contributed by atoms with Gasteiger partial charge in [0.15, 0.2) is 0 Å². The third kappa shape index (κ3) is 4.15. The minimum absolute atomic E-state index is 0.00229. The van der Waals surface area contributed by atoms with Gasteiger partial charge in [0.25, 0.3) is 0 Å². The Hall–Kier alpha value is -2.79. The van der Waals surface area contributed by atoms with Gasteiger partial charge >= 0.3 is 0 Å². The smallest absolute Gasteiger partial charge is 0.237 e. The Bertz CT molecular complexity index is 940.